The maximum atomic E-state index is 11.9. The van der Waals surface area contributed by atoms with Crippen LogP contribution in [0.5, 0.6) is 5.75 Å². The van der Waals surface area contributed by atoms with Crippen LogP contribution in [0.4, 0.5) is 0 Å². The Kier molecular flexibility index (Phi) is 2.99. The molecule has 0 aliphatic rings. The Balaban J connectivity index is 1.83. The monoisotopic (exact) mass is 290 g/mol. The summed E-state index contributed by atoms with van der Waals surface area (Å²) in [5.41, 5.74) is 0.855. The highest BCUT2D eigenvalue weighted by atomic mass is 32.2. The highest BCUT2D eigenvalue weighted by Crippen LogP contribution is 2.19. The SMILES string of the molecule is O=S(=O)(Oc1ccc(-n2ccnc2)cc1)c1cnc[nH]1. The van der Waals surface area contributed by atoms with Gasteiger partial charge in [0.1, 0.15) is 5.75 Å². The molecule has 0 fully saturated rings. The van der Waals surface area contributed by atoms with Gasteiger partial charge in [-0.05, 0) is 24.3 Å². The van der Waals surface area contributed by atoms with E-state index in [0.717, 1.165) is 5.69 Å². The number of rotatable bonds is 4. The van der Waals surface area contributed by atoms with Crippen LogP contribution >= 0.6 is 0 Å². The predicted molar refractivity (Wildman–Crippen MR) is 70.0 cm³/mol. The molecule has 0 aliphatic carbocycles. The molecule has 3 rings (SSSR count). The molecule has 1 N–H and O–H groups in total. The molecule has 0 amide bonds. The lowest BCUT2D eigenvalue weighted by molar-refractivity contribution is 0.483. The van der Waals surface area contributed by atoms with Crippen molar-refractivity contribution in [2.75, 3.05) is 0 Å². The van der Waals surface area contributed by atoms with E-state index >= 15 is 0 Å². The minimum atomic E-state index is -3.87. The van der Waals surface area contributed by atoms with Gasteiger partial charge in [-0.15, -0.1) is 0 Å². The maximum Gasteiger partial charge on any atom is 0.356 e. The molecule has 102 valence electrons. The van der Waals surface area contributed by atoms with Crippen LogP contribution < -0.4 is 4.18 Å². The van der Waals surface area contributed by atoms with Gasteiger partial charge in [0.05, 0.1) is 18.9 Å². The summed E-state index contributed by atoms with van der Waals surface area (Å²) in [5, 5.41) is -0.0869. The van der Waals surface area contributed by atoms with Crippen LogP contribution in [-0.2, 0) is 10.1 Å². The van der Waals surface area contributed by atoms with E-state index in [1.54, 1.807) is 47.6 Å². The van der Waals surface area contributed by atoms with Gasteiger partial charge in [0.25, 0.3) is 0 Å². The van der Waals surface area contributed by atoms with Gasteiger partial charge in [0.15, 0.2) is 5.03 Å². The Labute approximate surface area is 115 Å². The van der Waals surface area contributed by atoms with Crippen molar-refractivity contribution in [3.8, 4) is 11.4 Å². The van der Waals surface area contributed by atoms with Crippen LogP contribution in [0.2, 0.25) is 0 Å². The average Bonchev–Trinajstić information content (AvgIpc) is 3.13. The molecule has 0 bridgehead atoms. The van der Waals surface area contributed by atoms with Crippen molar-refractivity contribution in [3.05, 3.63) is 55.5 Å². The summed E-state index contributed by atoms with van der Waals surface area (Å²) < 4.78 is 30.5. The number of benzene rings is 1. The third-order valence-corrected chi connectivity index (χ3v) is 3.76. The molecule has 0 radical (unpaired) electrons. The summed E-state index contributed by atoms with van der Waals surface area (Å²) in [4.78, 5) is 10.1. The smallest absolute Gasteiger partial charge is 0.356 e. The van der Waals surface area contributed by atoms with E-state index in [1.165, 1.54) is 12.5 Å². The van der Waals surface area contributed by atoms with E-state index in [9.17, 15) is 8.42 Å². The first kappa shape index (κ1) is 12.4. The summed E-state index contributed by atoms with van der Waals surface area (Å²) in [6, 6.07) is 6.62. The fourth-order valence-electron chi connectivity index (χ4n) is 1.64. The molecule has 7 nitrogen and oxygen atoms in total. The summed E-state index contributed by atoms with van der Waals surface area (Å²) in [5.74, 6) is 0.225. The van der Waals surface area contributed by atoms with E-state index in [4.69, 9.17) is 4.18 Å². The van der Waals surface area contributed by atoms with Crippen molar-refractivity contribution in [1.82, 2.24) is 19.5 Å². The zero-order chi connectivity index (χ0) is 14.0. The highest BCUT2D eigenvalue weighted by Gasteiger charge is 2.17. The van der Waals surface area contributed by atoms with Crippen LogP contribution in [0.25, 0.3) is 5.69 Å². The Bertz CT molecular complexity index is 778. The van der Waals surface area contributed by atoms with E-state index in [1.807, 2.05) is 0 Å². The molecule has 0 saturated heterocycles. The van der Waals surface area contributed by atoms with Crippen LogP contribution in [0.15, 0.2) is 60.5 Å². The molecular formula is C12H10N4O3S. The second kappa shape index (κ2) is 4.82. The van der Waals surface area contributed by atoms with E-state index < -0.39 is 10.1 Å². The third kappa shape index (κ3) is 2.41. The van der Waals surface area contributed by atoms with Crippen molar-refractivity contribution in [2.24, 2.45) is 0 Å². The maximum absolute atomic E-state index is 11.9. The molecule has 0 saturated carbocycles. The van der Waals surface area contributed by atoms with E-state index in [2.05, 4.69) is 15.0 Å². The first-order chi connectivity index (χ1) is 9.65. The molecule has 2 heterocycles. The number of imidazole rings is 2. The summed E-state index contributed by atoms with van der Waals surface area (Å²) in [6.45, 7) is 0. The molecule has 8 heteroatoms. The van der Waals surface area contributed by atoms with Gasteiger partial charge in [-0.2, -0.15) is 8.42 Å². The van der Waals surface area contributed by atoms with Crippen molar-refractivity contribution >= 4 is 10.1 Å². The van der Waals surface area contributed by atoms with Crippen molar-refractivity contribution in [2.45, 2.75) is 5.03 Å². The number of H-pyrrole nitrogens is 1. The molecule has 0 atom stereocenters. The van der Waals surface area contributed by atoms with Crippen molar-refractivity contribution in [3.63, 3.8) is 0 Å². The Morgan fingerprint density at radius 2 is 1.95 bits per heavy atom. The van der Waals surface area contributed by atoms with E-state index in [-0.39, 0.29) is 10.8 Å². The van der Waals surface area contributed by atoms with Gasteiger partial charge in [0.2, 0.25) is 0 Å². The molecule has 2 aromatic heterocycles. The standard InChI is InChI=1S/C12H10N4O3S/c17-20(18,12-7-14-8-15-12)19-11-3-1-10(2-4-11)16-6-5-13-9-16/h1-9H,(H,14,15). The van der Waals surface area contributed by atoms with Gasteiger partial charge in [0, 0.05) is 18.1 Å². The fraction of sp³-hybridized carbons (Fsp3) is 0. The van der Waals surface area contributed by atoms with Gasteiger partial charge in [-0.3, -0.25) is 0 Å². The Hall–Kier alpha value is -2.61. The number of hydrogen-bond acceptors (Lipinski definition) is 5. The summed E-state index contributed by atoms with van der Waals surface area (Å²) in [7, 11) is -3.87. The topological polar surface area (TPSA) is 89.9 Å². The Morgan fingerprint density at radius 1 is 1.15 bits per heavy atom. The van der Waals surface area contributed by atoms with Crippen LogP contribution in [0.1, 0.15) is 0 Å². The van der Waals surface area contributed by atoms with Gasteiger partial charge in [-0.1, -0.05) is 0 Å². The summed E-state index contributed by atoms with van der Waals surface area (Å²) >= 11 is 0. The van der Waals surface area contributed by atoms with Gasteiger partial charge >= 0.3 is 10.1 Å². The van der Waals surface area contributed by atoms with Crippen molar-refractivity contribution in [1.29, 1.82) is 0 Å². The minimum absolute atomic E-state index is 0.0869. The predicted octanol–water partition coefficient (Wildman–Crippen LogP) is 1.36. The normalized spacial score (nSPS) is 11.4. The number of aromatic nitrogens is 4. The number of aromatic amines is 1. The lowest BCUT2D eigenvalue weighted by Crippen LogP contribution is -2.10. The van der Waals surface area contributed by atoms with Gasteiger partial charge < -0.3 is 13.7 Å². The minimum Gasteiger partial charge on any atom is -0.378 e. The molecule has 0 aliphatic heterocycles. The molecule has 20 heavy (non-hydrogen) atoms. The van der Waals surface area contributed by atoms with E-state index in [0.29, 0.717) is 0 Å². The number of nitrogens with zero attached hydrogens (tertiary/aromatic N) is 3. The number of nitrogens with one attached hydrogen (secondary N) is 1. The molecule has 0 unspecified atom stereocenters. The molecule has 0 spiro atoms. The first-order valence-corrected chi connectivity index (χ1v) is 7.07. The van der Waals surface area contributed by atoms with Gasteiger partial charge in [-0.25, -0.2) is 9.97 Å². The van der Waals surface area contributed by atoms with Crippen LogP contribution in [0.3, 0.4) is 0 Å². The third-order valence-electron chi connectivity index (χ3n) is 2.59. The average molecular weight is 290 g/mol. The largest absolute Gasteiger partial charge is 0.378 e. The molecule has 3 aromatic rings. The zero-order valence-corrected chi connectivity index (χ0v) is 11.0. The lowest BCUT2D eigenvalue weighted by Gasteiger charge is -2.06. The second-order valence-corrected chi connectivity index (χ2v) is 5.43. The first-order valence-electron chi connectivity index (χ1n) is 5.66. The molecular weight excluding hydrogens is 280 g/mol. The Morgan fingerprint density at radius 3 is 2.55 bits per heavy atom. The lowest BCUT2D eigenvalue weighted by atomic mass is 10.3. The number of hydrogen-bond donors (Lipinski definition) is 1. The fourth-order valence-corrected chi connectivity index (χ4v) is 2.48. The van der Waals surface area contributed by atoms with Crippen LogP contribution in [0, 0.1) is 0 Å². The molecule has 1 aromatic carbocycles. The summed E-state index contributed by atoms with van der Waals surface area (Å²) in [6.07, 6.45) is 7.56. The van der Waals surface area contributed by atoms with Crippen molar-refractivity contribution < 1.29 is 12.6 Å². The zero-order valence-electron chi connectivity index (χ0n) is 10.2. The highest BCUT2D eigenvalue weighted by molar-refractivity contribution is 7.87. The van der Waals surface area contributed by atoms with Crippen LogP contribution in [-0.4, -0.2) is 27.9 Å². The quantitative estimate of drug-likeness (QED) is 0.733. The second-order valence-electron chi connectivity index (χ2n) is 3.92.